The van der Waals surface area contributed by atoms with E-state index >= 15 is 0 Å². The van der Waals surface area contributed by atoms with Gasteiger partial charge in [-0.25, -0.2) is 0 Å². The number of esters is 1. The highest BCUT2D eigenvalue weighted by atomic mass is 35.5. The number of fused-ring (bicyclic) bond motifs is 2. The monoisotopic (exact) mass is 789 g/mol. The van der Waals surface area contributed by atoms with Crippen LogP contribution in [-0.2, 0) is 27.3 Å². The summed E-state index contributed by atoms with van der Waals surface area (Å²) in [4.78, 5) is 44.2. The maximum atomic E-state index is 12.9. The van der Waals surface area contributed by atoms with Crippen LogP contribution in [0, 0.1) is 16.7 Å². The summed E-state index contributed by atoms with van der Waals surface area (Å²) in [7, 11) is 0. The van der Waals surface area contributed by atoms with Gasteiger partial charge in [-0.05, 0) is 97.0 Å². The van der Waals surface area contributed by atoms with E-state index in [2.05, 4.69) is 45.5 Å². The number of halogens is 1. The number of amides is 1. The topological polar surface area (TPSA) is 115 Å². The number of hydrogen-bond donors (Lipinski definition) is 0. The van der Waals surface area contributed by atoms with Crippen LogP contribution in [0.2, 0.25) is 5.02 Å². The molecule has 3 aliphatic rings. The van der Waals surface area contributed by atoms with Gasteiger partial charge < -0.3 is 24.2 Å². The normalized spacial score (nSPS) is 16.9. The Balaban J connectivity index is 0.00000134. The van der Waals surface area contributed by atoms with E-state index in [0.29, 0.717) is 51.8 Å². The van der Waals surface area contributed by atoms with Crippen molar-refractivity contribution in [2.24, 2.45) is 5.41 Å². The van der Waals surface area contributed by atoms with Crippen LogP contribution in [0.15, 0.2) is 49.1 Å². The van der Waals surface area contributed by atoms with E-state index in [0.717, 1.165) is 77.5 Å². The summed E-state index contributed by atoms with van der Waals surface area (Å²) < 4.78 is 12.2. The molecule has 4 heterocycles. The van der Waals surface area contributed by atoms with E-state index in [9.17, 15) is 9.59 Å². The first-order valence-electron chi connectivity index (χ1n) is 19.6. The smallest absolute Gasteiger partial charge is 0.318 e. The molecule has 12 heteroatoms. The fourth-order valence-electron chi connectivity index (χ4n) is 7.22. The van der Waals surface area contributed by atoms with Crippen molar-refractivity contribution in [3.05, 3.63) is 65.3 Å². The van der Waals surface area contributed by atoms with Gasteiger partial charge in [0.15, 0.2) is 0 Å². The summed E-state index contributed by atoms with van der Waals surface area (Å²) in [6.45, 7) is 24.9. The summed E-state index contributed by atoms with van der Waals surface area (Å²) in [5, 5.41) is 10.2. The van der Waals surface area contributed by atoms with Crippen LogP contribution in [-0.4, -0.2) is 95.7 Å². The second-order valence-corrected chi connectivity index (χ2v) is 16.0. The van der Waals surface area contributed by atoms with Gasteiger partial charge in [0.05, 0.1) is 28.7 Å². The average molecular weight is 790 g/mol. The minimum absolute atomic E-state index is 0. The molecule has 6 rings (SSSR count). The van der Waals surface area contributed by atoms with Crippen molar-refractivity contribution in [2.45, 2.75) is 107 Å². The quantitative estimate of drug-likeness (QED) is 0.146. The van der Waals surface area contributed by atoms with Gasteiger partial charge in [0.1, 0.15) is 18.0 Å². The number of ether oxygens (including phenoxy) is 2. The van der Waals surface area contributed by atoms with Crippen molar-refractivity contribution in [2.75, 3.05) is 62.2 Å². The van der Waals surface area contributed by atoms with Crippen LogP contribution in [0.1, 0.15) is 93.3 Å². The van der Waals surface area contributed by atoms with Gasteiger partial charge in [-0.15, -0.1) is 0 Å². The summed E-state index contributed by atoms with van der Waals surface area (Å²) in [6, 6.07) is 14.7. The number of likely N-dealkylation sites (tertiary alicyclic amines) is 1. The fourth-order valence-corrected chi connectivity index (χ4v) is 7.50. The fraction of sp³-hybridized carbons (Fsp3) is 0.568. The van der Waals surface area contributed by atoms with Crippen molar-refractivity contribution in [3.8, 4) is 12.1 Å². The zero-order valence-electron chi connectivity index (χ0n) is 34.2. The Hall–Kier alpha value is -4.40. The molecule has 1 aromatic heterocycles. The number of nitriles is 1. The molecule has 0 saturated carbocycles. The predicted molar refractivity (Wildman–Crippen MR) is 228 cm³/mol. The minimum Gasteiger partial charge on any atom is -0.462 e. The average Bonchev–Trinajstić information content (AvgIpc) is 3.63. The molecule has 3 aromatic rings. The van der Waals surface area contributed by atoms with Gasteiger partial charge >= 0.3 is 12.0 Å². The molecule has 0 radical (unpaired) electrons. The Kier molecular flexibility index (Phi) is 17.0. The predicted octanol–water partition coefficient (Wildman–Crippen LogP) is 8.47. The number of carbonyl (C=O) groups is 2. The highest BCUT2D eigenvalue weighted by molar-refractivity contribution is 6.36. The third-order valence-corrected chi connectivity index (χ3v) is 10.5. The zero-order chi connectivity index (χ0) is 40.3. The van der Waals surface area contributed by atoms with E-state index in [4.69, 9.17) is 36.3 Å². The van der Waals surface area contributed by atoms with Crippen molar-refractivity contribution < 1.29 is 19.1 Å². The molecular weight excluding hydrogens is 726 g/mol. The van der Waals surface area contributed by atoms with Crippen LogP contribution < -0.4 is 14.5 Å². The number of carbonyl (C=O) groups excluding carboxylic acids is 2. The van der Waals surface area contributed by atoms with Crippen LogP contribution in [0.3, 0.4) is 0 Å². The molecule has 0 spiro atoms. The Morgan fingerprint density at radius 1 is 1.00 bits per heavy atom. The molecule has 56 heavy (non-hydrogen) atoms. The lowest BCUT2D eigenvalue weighted by atomic mass is 9.89. The molecule has 306 valence electrons. The van der Waals surface area contributed by atoms with Crippen LogP contribution >= 0.6 is 11.6 Å². The lowest BCUT2D eigenvalue weighted by Crippen LogP contribution is -2.49. The highest BCUT2D eigenvalue weighted by Crippen LogP contribution is 2.37. The van der Waals surface area contributed by atoms with Crippen molar-refractivity contribution in [3.63, 3.8) is 0 Å². The van der Waals surface area contributed by atoms with Crippen molar-refractivity contribution >= 4 is 45.8 Å². The van der Waals surface area contributed by atoms with E-state index < -0.39 is 11.0 Å². The molecule has 2 fully saturated rings. The number of anilines is 2. The van der Waals surface area contributed by atoms with Crippen molar-refractivity contribution in [1.29, 1.82) is 5.26 Å². The van der Waals surface area contributed by atoms with Crippen LogP contribution in [0.25, 0.3) is 10.8 Å². The molecule has 11 nitrogen and oxygen atoms in total. The van der Waals surface area contributed by atoms with Gasteiger partial charge in [0.25, 0.3) is 0 Å². The second kappa shape index (κ2) is 20.7. The van der Waals surface area contributed by atoms with Gasteiger partial charge in [0.2, 0.25) is 5.91 Å². The Bertz CT molecular complexity index is 1820. The molecular formula is C44H64ClN7O4. The third-order valence-electron chi connectivity index (χ3n) is 10.1. The van der Waals surface area contributed by atoms with Gasteiger partial charge in [0, 0.05) is 62.3 Å². The number of hydrogen-bond acceptors (Lipinski definition) is 10. The van der Waals surface area contributed by atoms with Crippen LogP contribution in [0.5, 0.6) is 6.01 Å². The summed E-state index contributed by atoms with van der Waals surface area (Å²) in [5.74, 6) is 0.688. The molecule has 1 unspecified atom stereocenters. The largest absolute Gasteiger partial charge is 0.462 e. The van der Waals surface area contributed by atoms with Gasteiger partial charge in [-0.1, -0.05) is 63.7 Å². The highest BCUT2D eigenvalue weighted by Gasteiger charge is 2.35. The Morgan fingerprint density at radius 2 is 1.66 bits per heavy atom. The number of aromatic nitrogens is 2. The van der Waals surface area contributed by atoms with E-state index in [1.807, 2.05) is 65.5 Å². The maximum Gasteiger partial charge on any atom is 0.318 e. The minimum atomic E-state index is -0.585. The summed E-state index contributed by atoms with van der Waals surface area (Å²) in [6.07, 6.45) is 4.95. The number of nitrogens with zero attached hydrogens (tertiary/aromatic N) is 7. The molecule has 3 aliphatic heterocycles. The molecule has 2 aromatic carbocycles. The molecule has 0 aliphatic carbocycles. The summed E-state index contributed by atoms with van der Waals surface area (Å²) >= 11 is 6.74. The summed E-state index contributed by atoms with van der Waals surface area (Å²) in [5.41, 5.74) is 2.08. The molecule has 0 bridgehead atoms. The first-order chi connectivity index (χ1) is 26.2. The molecule has 0 N–H and O–H groups in total. The lowest BCUT2D eigenvalue weighted by molar-refractivity contribution is -0.166. The first-order valence-corrected chi connectivity index (χ1v) is 20.0. The SMILES string of the molecule is C.C=CC(=O)N1CCN(c2nc(OCC3CCCN3CCC(C)(C)C(=O)OC(C)(C)C)nc3c2CCN(c2cccc4cccc(Cl)c24)C3)CC1.CC.CC#N. The lowest BCUT2D eigenvalue weighted by Gasteiger charge is -2.38. The molecule has 1 atom stereocenters. The number of rotatable bonds is 10. The standard InChI is InChI=1S/C39H51ClN6O4.C2H3N.C2H6.CH4/c1-7-33(47)44-21-23-45(24-22-44)35-29-16-19-46(32-15-9-12-27-11-8-14-30(40)34(27)32)25-31(29)41-37(42-35)49-26-28-13-10-18-43(28)20-17-39(5,6)36(48)50-38(2,3)4;1-2-3;1-2;/h7-9,11-12,14-15,28H,1,10,13,16-26H2,2-6H3;1H3;1-2H3;1H4. The number of piperazine rings is 1. The van der Waals surface area contributed by atoms with E-state index in [1.165, 1.54) is 13.0 Å². The second-order valence-electron chi connectivity index (χ2n) is 15.6. The van der Waals surface area contributed by atoms with E-state index in [1.54, 1.807) is 6.07 Å². The maximum absolute atomic E-state index is 12.9. The van der Waals surface area contributed by atoms with Gasteiger partial charge in [-0.2, -0.15) is 15.2 Å². The molecule has 1 amide bonds. The Labute approximate surface area is 340 Å². The van der Waals surface area contributed by atoms with Crippen LogP contribution in [0.4, 0.5) is 11.5 Å². The van der Waals surface area contributed by atoms with Gasteiger partial charge in [-0.3, -0.25) is 14.5 Å². The van der Waals surface area contributed by atoms with Crippen molar-refractivity contribution in [1.82, 2.24) is 19.8 Å². The molecule has 2 saturated heterocycles. The third kappa shape index (κ3) is 11.6. The number of benzene rings is 2. The first kappa shape index (κ1) is 46.0. The zero-order valence-corrected chi connectivity index (χ0v) is 34.9. The van der Waals surface area contributed by atoms with E-state index in [-0.39, 0.29) is 25.3 Å². The Morgan fingerprint density at radius 3 is 2.30 bits per heavy atom.